The van der Waals surface area contributed by atoms with Crippen molar-refractivity contribution >= 4 is 46.1 Å². The predicted molar refractivity (Wildman–Crippen MR) is 192 cm³/mol. The number of benzene rings is 3. The van der Waals surface area contributed by atoms with Crippen LogP contribution in [0.2, 0.25) is 0 Å². The van der Waals surface area contributed by atoms with Gasteiger partial charge in [0.05, 0.1) is 41.9 Å². The molecule has 0 aliphatic carbocycles. The van der Waals surface area contributed by atoms with E-state index < -0.39 is 11.8 Å². The number of para-hydroxylation sites is 1. The number of fused-ring (bicyclic) bond motifs is 1. The van der Waals surface area contributed by atoms with Crippen LogP contribution < -0.4 is 25.0 Å². The second-order valence-corrected chi connectivity index (χ2v) is 12.2. The summed E-state index contributed by atoms with van der Waals surface area (Å²) < 4.78 is 11.7. The minimum atomic E-state index is -0.459. The van der Waals surface area contributed by atoms with E-state index in [-0.39, 0.29) is 17.3 Å². The van der Waals surface area contributed by atoms with Gasteiger partial charge in [0, 0.05) is 45.8 Å². The Kier molecular flexibility index (Phi) is 11.5. The van der Waals surface area contributed by atoms with E-state index in [9.17, 15) is 19.2 Å². The smallest absolute Gasteiger partial charge is 0.286 e. The first-order valence-corrected chi connectivity index (χ1v) is 16.5. The lowest BCUT2D eigenvalue weighted by molar-refractivity contribution is 0.0951. The van der Waals surface area contributed by atoms with Crippen LogP contribution in [-0.4, -0.2) is 104 Å². The molecular weight excluding hydrogens is 638 g/mol. The number of ether oxygens (including phenoxy) is 2. The molecule has 5 rings (SSSR count). The fourth-order valence-corrected chi connectivity index (χ4v) is 5.80. The minimum absolute atomic E-state index is 0.0942. The number of H-pyrrole nitrogens is 1. The number of aromatic amines is 1. The number of imidazole rings is 1. The molecule has 1 aliphatic rings. The number of anilines is 2. The summed E-state index contributed by atoms with van der Waals surface area (Å²) in [5.41, 5.74) is 4.16. The zero-order chi connectivity index (χ0) is 35.8. The number of methoxy groups -OCH3 is 1. The molecule has 13 nitrogen and oxygen atoms in total. The van der Waals surface area contributed by atoms with Gasteiger partial charge in [0.25, 0.3) is 17.7 Å². The molecule has 2 heterocycles. The molecule has 4 aromatic rings. The topological polar surface area (TPSA) is 149 Å². The first-order valence-electron chi connectivity index (χ1n) is 16.5. The number of rotatable bonds is 13. The number of amides is 3. The maximum absolute atomic E-state index is 13.7. The number of hydrogen-bond donors (Lipinski definition) is 3. The number of nitrogens with zero attached hydrogens (tertiary/aromatic N) is 4. The fourth-order valence-electron chi connectivity index (χ4n) is 5.80. The minimum Gasteiger partial charge on any atom is -0.495 e. The maximum Gasteiger partial charge on any atom is 0.286 e. The Bertz CT molecular complexity index is 1920. The van der Waals surface area contributed by atoms with E-state index in [2.05, 4.69) is 43.4 Å². The Labute approximate surface area is 291 Å². The van der Waals surface area contributed by atoms with Crippen LogP contribution in [0.1, 0.15) is 56.2 Å². The number of aromatic nitrogens is 2. The summed E-state index contributed by atoms with van der Waals surface area (Å²) in [4.78, 5) is 63.9. The van der Waals surface area contributed by atoms with E-state index in [4.69, 9.17) is 9.47 Å². The standard InChI is InChI=1S/C37H43N7O6/c1-24-12-15-30(32(21-24)50-20-7-6-9-26(23-45)44-18-16-42(3)17-19-44)43(4)37(48)25-13-14-28(31(22-25)49-5)40-35(46)27-10-8-11-29-33(27)41-34(39-29)36(47)38-2/h8,10-15,21-22H,6-7,9,16-20H2,1-5H3,(H,38,47)(H,39,41)(H,40,46). The lowest BCUT2D eigenvalue weighted by Crippen LogP contribution is -2.44. The van der Waals surface area contributed by atoms with Gasteiger partial charge < -0.3 is 39.8 Å². The van der Waals surface area contributed by atoms with Gasteiger partial charge in [0.15, 0.2) is 5.82 Å². The lowest BCUT2D eigenvalue weighted by atomic mass is 10.1. The normalized spacial score (nSPS) is 13.0. The van der Waals surface area contributed by atoms with Crippen molar-refractivity contribution in [3.8, 4) is 11.5 Å². The highest BCUT2D eigenvalue weighted by Gasteiger charge is 2.22. The number of carbonyl (C=O) groups is 3. The van der Waals surface area contributed by atoms with E-state index in [1.54, 1.807) is 43.4 Å². The Morgan fingerprint density at radius 3 is 2.50 bits per heavy atom. The van der Waals surface area contributed by atoms with Crippen molar-refractivity contribution in [2.75, 3.05) is 71.3 Å². The molecule has 1 fully saturated rings. The lowest BCUT2D eigenvalue weighted by Gasteiger charge is -2.34. The third-order valence-electron chi connectivity index (χ3n) is 8.75. The van der Waals surface area contributed by atoms with Crippen molar-refractivity contribution in [2.45, 2.75) is 26.2 Å². The third-order valence-corrected chi connectivity index (χ3v) is 8.75. The van der Waals surface area contributed by atoms with Gasteiger partial charge in [-0.15, -0.1) is 0 Å². The van der Waals surface area contributed by atoms with Gasteiger partial charge in [0.1, 0.15) is 23.0 Å². The summed E-state index contributed by atoms with van der Waals surface area (Å²) in [6, 6.07) is 15.5. The van der Waals surface area contributed by atoms with Gasteiger partial charge in [-0.2, -0.15) is 0 Å². The molecule has 3 amide bonds. The molecule has 1 aromatic heterocycles. The second-order valence-electron chi connectivity index (χ2n) is 12.2. The van der Waals surface area contributed by atoms with Gasteiger partial charge in [-0.05, 0) is 81.3 Å². The van der Waals surface area contributed by atoms with Crippen molar-refractivity contribution < 1.29 is 28.7 Å². The number of nitrogens with one attached hydrogen (secondary N) is 3. The SMILES string of the molecule is CNC(=O)c1nc2c(C(=O)Nc3ccc(C(=O)N(C)c4ccc(C)cc4OCCCCC(=C=O)N4CCN(C)CC4)cc3OC)cccc2[nH]1. The van der Waals surface area contributed by atoms with Crippen molar-refractivity contribution in [3.05, 3.63) is 82.8 Å². The number of likely N-dealkylation sites (N-methyl/N-ethyl adjacent to an activating group) is 1. The molecule has 0 bridgehead atoms. The number of hydrogen-bond acceptors (Lipinski definition) is 9. The molecular formula is C37H43N7O6. The highest BCUT2D eigenvalue weighted by atomic mass is 16.5. The van der Waals surface area contributed by atoms with Crippen molar-refractivity contribution in [1.29, 1.82) is 0 Å². The molecule has 0 saturated carbocycles. The Hall–Kier alpha value is -5.65. The predicted octanol–water partition coefficient (Wildman–Crippen LogP) is 4.28. The van der Waals surface area contributed by atoms with Crippen LogP contribution in [0.3, 0.4) is 0 Å². The Morgan fingerprint density at radius 2 is 1.78 bits per heavy atom. The van der Waals surface area contributed by atoms with Gasteiger partial charge in [-0.3, -0.25) is 14.4 Å². The first kappa shape index (κ1) is 35.7. The van der Waals surface area contributed by atoms with Gasteiger partial charge in [0.2, 0.25) is 0 Å². The molecule has 0 spiro atoms. The molecule has 3 aromatic carbocycles. The van der Waals surface area contributed by atoms with E-state index >= 15 is 0 Å². The molecule has 0 radical (unpaired) electrons. The summed E-state index contributed by atoms with van der Waals surface area (Å²) in [5, 5.41) is 5.35. The molecule has 3 N–H and O–H groups in total. The van der Waals surface area contributed by atoms with Gasteiger partial charge in [-0.25, -0.2) is 9.78 Å². The molecule has 13 heteroatoms. The number of piperazine rings is 1. The summed E-state index contributed by atoms with van der Waals surface area (Å²) in [6.45, 7) is 5.90. The Morgan fingerprint density at radius 1 is 1.00 bits per heavy atom. The van der Waals surface area contributed by atoms with E-state index in [0.29, 0.717) is 58.2 Å². The van der Waals surface area contributed by atoms with E-state index in [1.807, 2.05) is 25.1 Å². The number of carbonyl (C=O) groups excluding carboxylic acids is 4. The van der Waals surface area contributed by atoms with Crippen LogP contribution in [0.5, 0.6) is 11.5 Å². The Balaban J connectivity index is 1.24. The summed E-state index contributed by atoms with van der Waals surface area (Å²) in [6.07, 6.45) is 2.16. The fraction of sp³-hybridized carbons (Fsp3) is 0.351. The largest absolute Gasteiger partial charge is 0.495 e. The van der Waals surface area contributed by atoms with E-state index in [0.717, 1.165) is 44.6 Å². The van der Waals surface area contributed by atoms with Gasteiger partial charge >= 0.3 is 0 Å². The number of aryl methyl sites for hydroxylation is 1. The molecule has 1 saturated heterocycles. The van der Waals surface area contributed by atoms with Crippen LogP contribution in [0.4, 0.5) is 11.4 Å². The summed E-state index contributed by atoms with van der Waals surface area (Å²) in [7, 11) is 6.71. The average Bonchev–Trinajstić information content (AvgIpc) is 3.58. The van der Waals surface area contributed by atoms with Gasteiger partial charge in [-0.1, -0.05) is 12.1 Å². The quantitative estimate of drug-likeness (QED) is 0.139. The molecule has 50 heavy (non-hydrogen) atoms. The monoisotopic (exact) mass is 681 g/mol. The van der Waals surface area contributed by atoms with Crippen molar-refractivity contribution in [1.82, 2.24) is 25.1 Å². The second kappa shape index (κ2) is 16.2. The molecule has 0 unspecified atom stereocenters. The van der Waals surface area contributed by atoms with Crippen LogP contribution in [0.15, 0.2) is 60.3 Å². The third kappa shape index (κ3) is 8.13. The average molecular weight is 682 g/mol. The molecule has 1 aliphatic heterocycles. The van der Waals surface area contributed by atoms with Crippen LogP contribution >= 0.6 is 0 Å². The number of allylic oxidation sites excluding steroid dienone is 1. The zero-order valence-electron chi connectivity index (χ0n) is 29.1. The first-order chi connectivity index (χ1) is 24.1. The summed E-state index contributed by atoms with van der Waals surface area (Å²) >= 11 is 0. The van der Waals surface area contributed by atoms with Crippen molar-refractivity contribution in [3.63, 3.8) is 0 Å². The van der Waals surface area contributed by atoms with Crippen LogP contribution in [0, 0.1) is 6.92 Å². The number of unbranched alkanes of at least 4 members (excludes halogenated alkanes) is 1. The molecule has 262 valence electrons. The van der Waals surface area contributed by atoms with Crippen molar-refractivity contribution in [2.24, 2.45) is 0 Å². The highest BCUT2D eigenvalue weighted by Crippen LogP contribution is 2.32. The highest BCUT2D eigenvalue weighted by molar-refractivity contribution is 6.13. The zero-order valence-corrected chi connectivity index (χ0v) is 29.1. The van der Waals surface area contributed by atoms with Crippen LogP contribution in [-0.2, 0) is 4.79 Å². The maximum atomic E-state index is 13.7. The molecule has 0 atom stereocenters. The summed E-state index contributed by atoms with van der Waals surface area (Å²) in [5.74, 6) is 1.94. The van der Waals surface area contributed by atoms with E-state index in [1.165, 1.54) is 19.1 Å². The van der Waals surface area contributed by atoms with Crippen LogP contribution in [0.25, 0.3) is 11.0 Å².